The Balaban J connectivity index is 1.82. The average molecular weight is 352 g/mol. The third-order valence-electron chi connectivity index (χ3n) is 4.72. The third-order valence-corrected chi connectivity index (χ3v) is 4.72. The summed E-state index contributed by atoms with van der Waals surface area (Å²) in [5, 5.41) is 2.90. The molecule has 1 aliphatic heterocycles. The molecular weight excluding hydrogens is 328 g/mol. The molecule has 0 radical (unpaired) electrons. The highest BCUT2D eigenvalue weighted by molar-refractivity contribution is 6.04. The molecule has 1 aliphatic rings. The Morgan fingerprint density at radius 1 is 1.08 bits per heavy atom. The minimum atomic E-state index is -0.599. The number of hydrogen-bond acceptors (Lipinski definition) is 3. The van der Waals surface area contributed by atoms with E-state index in [1.807, 2.05) is 44.2 Å². The summed E-state index contributed by atoms with van der Waals surface area (Å²) in [5.41, 5.74) is 2.53. The molecule has 0 spiro atoms. The molecule has 1 N–H and O–H groups in total. The van der Waals surface area contributed by atoms with Crippen molar-refractivity contribution in [1.29, 1.82) is 0 Å². The fourth-order valence-electron chi connectivity index (χ4n) is 3.30. The lowest BCUT2D eigenvalue weighted by Crippen LogP contribution is -2.51. The van der Waals surface area contributed by atoms with Crippen molar-refractivity contribution in [2.75, 3.05) is 18.6 Å². The smallest absolute Gasteiger partial charge is 0.255 e. The molecule has 0 saturated heterocycles. The summed E-state index contributed by atoms with van der Waals surface area (Å²) in [6, 6.07) is 14.3. The monoisotopic (exact) mass is 352 g/mol. The normalized spacial score (nSPS) is 14.1. The molecule has 1 atom stereocenters. The highest BCUT2D eigenvalue weighted by Gasteiger charge is 2.33. The maximum Gasteiger partial charge on any atom is 0.255 e. The second kappa shape index (κ2) is 7.60. The van der Waals surface area contributed by atoms with E-state index in [1.54, 1.807) is 23.1 Å². The van der Waals surface area contributed by atoms with Crippen molar-refractivity contribution >= 4 is 17.5 Å². The summed E-state index contributed by atoms with van der Waals surface area (Å²) in [6.45, 7) is 4.52. The molecule has 3 rings (SSSR count). The van der Waals surface area contributed by atoms with Gasteiger partial charge in [0.2, 0.25) is 5.91 Å². The summed E-state index contributed by atoms with van der Waals surface area (Å²) in [7, 11) is 1.53. The first-order valence-corrected chi connectivity index (χ1v) is 8.86. The molecule has 26 heavy (non-hydrogen) atoms. The van der Waals surface area contributed by atoms with Gasteiger partial charge in [0.25, 0.3) is 5.91 Å². The standard InChI is InChI=1S/C21H24N2O3/c1-14(2)19(22-20(24)16-9-5-7-11-18(16)26-3)21(25)23-13-12-15-8-4-6-10-17(15)23/h4-11,14,19H,12-13H2,1-3H3,(H,22,24)/t19-/m0/s1. The van der Waals surface area contributed by atoms with Gasteiger partial charge < -0.3 is 15.0 Å². The van der Waals surface area contributed by atoms with Gasteiger partial charge in [0.15, 0.2) is 0 Å². The number of hydrogen-bond donors (Lipinski definition) is 1. The van der Waals surface area contributed by atoms with Gasteiger partial charge in [0, 0.05) is 12.2 Å². The zero-order valence-corrected chi connectivity index (χ0v) is 15.4. The SMILES string of the molecule is COc1ccccc1C(=O)N[C@H](C(=O)N1CCc2ccccc21)C(C)C. The van der Waals surface area contributed by atoms with Crippen LogP contribution in [0, 0.1) is 5.92 Å². The number of amides is 2. The summed E-state index contributed by atoms with van der Waals surface area (Å²) in [5.74, 6) is 0.0792. The van der Waals surface area contributed by atoms with E-state index >= 15 is 0 Å². The van der Waals surface area contributed by atoms with E-state index in [9.17, 15) is 9.59 Å². The van der Waals surface area contributed by atoms with Gasteiger partial charge in [0.1, 0.15) is 11.8 Å². The first kappa shape index (κ1) is 18.0. The van der Waals surface area contributed by atoms with Crippen molar-refractivity contribution in [2.45, 2.75) is 26.3 Å². The number of carbonyl (C=O) groups excluding carboxylic acids is 2. The molecule has 0 bridgehead atoms. The van der Waals surface area contributed by atoms with Crippen LogP contribution in [-0.2, 0) is 11.2 Å². The average Bonchev–Trinajstić information content (AvgIpc) is 3.09. The Morgan fingerprint density at radius 3 is 2.50 bits per heavy atom. The van der Waals surface area contributed by atoms with Crippen molar-refractivity contribution in [2.24, 2.45) is 5.92 Å². The van der Waals surface area contributed by atoms with Crippen LogP contribution in [0.2, 0.25) is 0 Å². The second-order valence-electron chi connectivity index (χ2n) is 6.76. The number of rotatable bonds is 5. The summed E-state index contributed by atoms with van der Waals surface area (Å²) in [4.78, 5) is 27.7. The van der Waals surface area contributed by atoms with Crippen LogP contribution in [0.1, 0.15) is 29.8 Å². The lowest BCUT2D eigenvalue weighted by molar-refractivity contribution is -0.121. The van der Waals surface area contributed by atoms with Crippen LogP contribution >= 0.6 is 0 Å². The predicted octanol–water partition coefficient (Wildman–Crippen LogP) is 3.04. The summed E-state index contributed by atoms with van der Waals surface area (Å²) in [6.07, 6.45) is 0.840. The van der Waals surface area contributed by atoms with Crippen molar-refractivity contribution in [3.8, 4) is 5.75 Å². The molecule has 0 fully saturated rings. The predicted molar refractivity (Wildman–Crippen MR) is 102 cm³/mol. The summed E-state index contributed by atoms with van der Waals surface area (Å²) < 4.78 is 5.26. The van der Waals surface area contributed by atoms with E-state index in [4.69, 9.17) is 4.74 Å². The minimum Gasteiger partial charge on any atom is -0.496 e. The second-order valence-corrected chi connectivity index (χ2v) is 6.76. The lowest BCUT2D eigenvalue weighted by atomic mass is 10.0. The van der Waals surface area contributed by atoms with Crippen molar-refractivity contribution in [3.05, 3.63) is 59.7 Å². The number of benzene rings is 2. The third kappa shape index (κ3) is 3.43. The van der Waals surface area contributed by atoms with E-state index in [0.29, 0.717) is 17.9 Å². The number of nitrogens with one attached hydrogen (secondary N) is 1. The number of ether oxygens (including phenoxy) is 1. The molecule has 0 saturated carbocycles. The lowest BCUT2D eigenvalue weighted by Gasteiger charge is -2.27. The highest BCUT2D eigenvalue weighted by Crippen LogP contribution is 2.29. The number of methoxy groups -OCH3 is 1. The van der Waals surface area contributed by atoms with E-state index in [1.165, 1.54) is 12.7 Å². The van der Waals surface area contributed by atoms with Crippen molar-refractivity contribution in [1.82, 2.24) is 5.32 Å². The first-order chi connectivity index (χ1) is 12.5. The van der Waals surface area contributed by atoms with Gasteiger partial charge in [-0.1, -0.05) is 44.2 Å². The zero-order chi connectivity index (χ0) is 18.7. The van der Waals surface area contributed by atoms with E-state index in [2.05, 4.69) is 5.32 Å². The fraction of sp³-hybridized carbons (Fsp3) is 0.333. The van der Waals surface area contributed by atoms with Crippen LogP contribution in [0.3, 0.4) is 0 Å². The minimum absolute atomic E-state index is 0.0334. The molecule has 0 aliphatic carbocycles. The van der Waals surface area contributed by atoms with Crippen LogP contribution in [0.25, 0.3) is 0 Å². The van der Waals surface area contributed by atoms with E-state index in [-0.39, 0.29) is 17.7 Å². The van der Waals surface area contributed by atoms with Crippen LogP contribution in [-0.4, -0.2) is 31.5 Å². The summed E-state index contributed by atoms with van der Waals surface area (Å²) >= 11 is 0. The van der Waals surface area contributed by atoms with E-state index in [0.717, 1.165) is 12.1 Å². The van der Waals surface area contributed by atoms with Gasteiger partial charge in [-0.15, -0.1) is 0 Å². The molecule has 2 amide bonds. The zero-order valence-electron chi connectivity index (χ0n) is 15.4. The number of anilines is 1. The van der Waals surface area contributed by atoms with Crippen LogP contribution in [0.4, 0.5) is 5.69 Å². The Hall–Kier alpha value is -2.82. The first-order valence-electron chi connectivity index (χ1n) is 8.86. The van der Waals surface area contributed by atoms with E-state index < -0.39 is 6.04 Å². The topological polar surface area (TPSA) is 58.6 Å². The maximum atomic E-state index is 13.2. The largest absolute Gasteiger partial charge is 0.496 e. The van der Waals surface area contributed by atoms with Gasteiger partial charge in [-0.25, -0.2) is 0 Å². The molecular formula is C21H24N2O3. The fourth-order valence-corrected chi connectivity index (χ4v) is 3.30. The Morgan fingerprint density at radius 2 is 1.77 bits per heavy atom. The molecule has 136 valence electrons. The van der Waals surface area contributed by atoms with Gasteiger partial charge in [-0.05, 0) is 36.1 Å². The van der Waals surface area contributed by atoms with Gasteiger partial charge >= 0.3 is 0 Å². The highest BCUT2D eigenvalue weighted by atomic mass is 16.5. The van der Waals surface area contributed by atoms with Crippen LogP contribution in [0.5, 0.6) is 5.75 Å². The number of nitrogens with zero attached hydrogens (tertiary/aromatic N) is 1. The van der Waals surface area contributed by atoms with Gasteiger partial charge in [-0.3, -0.25) is 9.59 Å². The molecule has 5 heteroatoms. The van der Waals surface area contributed by atoms with Crippen LogP contribution < -0.4 is 15.0 Å². The molecule has 0 unspecified atom stereocenters. The Kier molecular flexibility index (Phi) is 5.26. The maximum absolute atomic E-state index is 13.2. The van der Waals surface area contributed by atoms with Gasteiger partial charge in [-0.2, -0.15) is 0 Å². The number of fused-ring (bicyclic) bond motifs is 1. The quantitative estimate of drug-likeness (QED) is 0.900. The van der Waals surface area contributed by atoms with Crippen molar-refractivity contribution in [3.63, 3.8) is 0 Å². The number of para-hydroxylation sites is 2. The Bertz CT molecular complexity index is 816. The molecule has 2 aromatic carbocycles. The van der Waals surface area contributed by atoms with Crippen molar-refractivity contribution < 1.29 is 14.3 Å². The molecule has 1 heterocycles. The number of carbonyl (C=O) groups is 2. The Labute approximate surface area is 154 Å². The van der Waals surface area contributed by atoms with Crippen LogP contribution in [0.15, 0.2) is 48.5 Å². The van der Waals surface area contributed by atoms with Gasteiger partial charge in [0.05, 0.1) is 12.7 Å². The molecule has 0 aromatic heterocycles. The molecule has 2 aromatic rings. The molecule has 5 nitrogen and oxygen atoms in total.